The highest BCUT2D eigenvalue weighted by atomic mass is 16.5. The van der Waals surface area contributed by atoms with Crippen molar-refractivity contribution in [2.24, 2.45) is 0 Å². The number of benzene rings is 2. The molecule has 3 N–H and O–H groups in total. The van der Waals surface area contributed by atoms with Gasteiger partial charge >= 0.3 is 0 Å². The van der Waals surface area contributed by atoms with Crippen LogP contribution in [0.3, 0.4) is 0 Å². The number of anilines is 4. The summed E-state index contributed by atoms with van der Waals surface area (Å²) in [4.78, 5) is 38.3. The number of amides is 2. The van der Waals surface area contributed by atoms with Gasteiger partial charge in [0.1, 0.15) is 6.10 Å². The van der Waals surface area contributed by atoms with Crippen molar-refractivity contribution >= 4 is 34.8 Å². The van der Waals surface area contributed by atoms with Crippen molar-refractivity contribution in [3.63, 3.8) is 0 Å². The van der Waals surface area contributed by atoms with Crippen LogP contribution in [0, 0.1) is 0 Å². The first-order valence-corrected chi connectivity index (χ1v) is 14.1. The number of nitrogens with one attached hydrogen (secondary N) is 3. The van der Waals surface area contributed by atoms with Gasteiger partial charge in [0.2, 0.25) is 11.9 Å². The quantitative estimate of drug-likeness (QED) is 0.417. The van der Waals surface area contributed by atoms with E-state index in [0.717, 1.165) is 73.6 Å². The summed E-state index contributed by atoms with van der Waals surface area (Å²) in [7, 11) is 0. The lowest BCUT2D eigenvalue weighted by Gasteiger charge is -2.37. The number of carbonyl (C=O) groups is 2. The van der Waals surface area contributed by atoms with E-state index < -0.39 is 0 Å². The summed E-state index contributed by atoms with van der Waals surface area (Å²) < 4.78 is 5.57. The highest BCUT2D eigenvalue weighted by Crippen LogP contribution is 2.24. The topological polar surface area (TPSA) is 112 Å². The molecule has 3 aliphatic heterocycles. The standard InChI is InChI=1S/C30H35N7O3/c38-28(26-3-1-14-31-26)33-22-7-5-21(6-8-22)25-13-15-32-30(35-25)34-23-9-11-24(12-10-23)36-16-18-37(19-17-36)29(39)27-4-2-20-40-27/h5-13,15,26-27,31H,1-4,14,16-20H2,(H,33,38)(H,32,34,35)/t26?,27-/m1/s1. The van der Waals surface area contributed by atoms with Crippen molar-refractivity contribution in [2.45, 2.75) is 37.8 Å². The molecule has 0 bridgehead atoms. The van der Waals surface area contributed by atoms with E-state index in [0.29, 0.717) is 25.6 Å². The molecule has 1 unspecified atom stereocenters. The highest BCUT2D eigenvalue weighted by Gasteiger charge is 2.30. The molecule has 2 amide bonds. The zero-order chi connectivity index (χ0) is 27.3. The van der Waals surface area contributed by atoms with Crippen LogP contribution in [0.1, 0.15) is 25.7 Å². The van der Waals surface area contributed by atoms with E-state index in [4.69, 9.17) is 4.74 Å². The molecule has 3 saturated heterocycles. The SMILES string of the molecule is O=C(Nc1ccc(-c2ccnc(Nc3ccc(N4CCN(C(=O)[C@H]5CCCO5)CC4)cc3)n2)cc1)C1CCCN1. The Bertz CT molecular complexity index is 1310. The maximum Gasteiger partial charge on any atom is 0.251 e. The average Bonchev–Trinajstić information content (AvgIpc) is 3.74. The van der Waals surface area contributed by atoms with E-state index in [-0.39, 0.29) is 24.0 Å². The Labute approximate surface area is 234 Å². The van der Waals surface area contributed by atoms with Gasteiger partial charge in [0.25, 0.3) is 5.91 Å². The molecule has 0 radical (unpaired) electrons. The van der Waals surface area contributed by atoms with Crippen molar-refractivity contribution < 1.29 is 14.3 Å². The van der Waals surface area contributed by atoms with Crippen molar-refractivity contribution in [3.05, 3.63) is 60.8 Å². The number of ether oxygens (including phenoxy) is 1. The molecule has 1 aromatic heterocycles. The van der Waals surface area contributed by atoms with E-state index in [9.17, 15) is 9.59 Å². The largest absolute Gasteiger partial charge is 0.368 e. The molecule has 0 aliphatic carbocycles. The van der Waals surface area contributed by atoms with E-state index in [1.807, 2.05) is 47.4 Å². The van der Waals surface area contributed by atoms with Crippen LogP contribution in [0.4, 0.5) is 23.0 Å². The lowest BCUT2D eigenvalue weighted by atomic mass is 10.1. The fourth-order valence-corrected chi connectivity index (χ4v) is 5.49. The van der Waals surface area contributed by atoms with Crippen LogP contribution in [-0.2, 0) is 14.3 Å². The average molecular weight is 542 g/mol. The van der Waals surface area contributed by atoms with Gasteiger partial charge in [-0.3, -0.25) is 9.59 Å². The molecule has 0 spiro atoms. The number of piperazine rings is 1. The Hall–Kier alpha value is -4.02. The first-order chi connectivity index (χ1) is 19.6. The van der Waals surface area contributed by atoms with Crippen LogP contribution in [0.25, 0.3) is 11.3 Å². The molecule has 3 fully saturated rings. The number of aromatic nitrogens is 2. The minimum Gasteiger partial charge on any atom is -0.368 e. The van der Waals surface area contributed by atoms with Crippen LogP contribution >= 0.6 is 0 Å². The minimum atomic E-state index is -0.247. The zero-order valence-electron chi connectivity index (χ0n) is 22.5. The summed E-state index contributed by atoms with van der Waals surface area (Å²) >= 11 is 0. The number of carbonyl (C=O) groups excluding carboxylic acids is 2. The molecular formula is C30H35N7O3. The summed E-state index contributed by atoms with van der Waals surface area (Å²) in [5.74, 6) is 0.659. The molecule has 40 heavy (non-hydrogen) atoms. The summed E-state index contributed by atoms with van der Waals surface area (Å²) in [6.45, 7) is 4.61. The van der Waals surface area contributed by atoms with Crippen molar-refractivity contribution in [1.82, 2.24) is 20.2 Å². The number of hydrogen-bond donors (Lipinski definition) is 3. The Morgan fingerprint density at radius 2 is 1.68 bits per heavy atom. The number of nitrogens with zero attached hydrogens (tertiary/aromatic N) is 4. The lowest BCUT2D eigenvalue weighted by molar-refractivity contribution is -0.141. The predicted octanol–water partition coefficient (Wildman–Crippen LogP) is 3.41. The summed E-state index contributed by atoms with van der Waals surface area (Å²) in [6.07, 6.45) is 5.20. The molecule has 2 atom stereocenters. The van der Waals surface area contributed by atoms with Crippen LogP contribution in [0.5, 0.6) is 0 Å². The van der Waals surface area contributed by atoms with E-state index in [2.05, 4.69) is 43.0 Å². The third kappa shape index (κ3) is 6.08. The minimum absolute atomic E-state index is 0.0107. The van der Waals surface area contributed by atoms with Crippen molar-refractivity contribution in [1.29, 1.82) is 0 Å². The number of rotatable bonds is 7. The smallest absolute Gasteiger partial charge is 0.251 e. The van der Waals surface area contributed by atoms with E-state index in [1.54, 1.807) is 6.20 Å². The molecule has 0 saturated carbocycles. The monoisotopic (exact) mass is 541 g/mol. The Morgan fingerprint density at radius 1 is 0.900 bits per heavy atom. The molecule has 10 nitrogen and oxygen atoms in total. The van der Waals surface area contributed by atoms with Crippen LogP contribution in [0.2, 0.25) is 0 Å². The second-order valence-corrected chi connectivity index (χ2v) is 10.5. The van der Waals surface area contributed by atoms with Gasteiger partial charge in [0.05, 0.1) is 11.7 Å². The second-order valence-electron chi connectivity index (χ2n) is 10.5. The van der Waals surface area contributed by atoms with Crippen LogP contribution in [0.15, 0.2) is 60.8 Å². The fourth-order valence-electron chi connectivity index (χ4n) is 5.49. The molecule has 4 heterocycles. The van der Waals surface area contributed by atoms with E-state index >= 15 is 0 Å². The summed E-state index contributed by atoms with van der Waals surface area (Å²) in [5, 5.41) is 9.49. The third-order valence-corrected chi connectivity index (χ3v) is 7.77. The zero-order valence-corrected chi connectivity index (χ0v) is 22.5. The molecular weight excluding hydrogens is 506 g/mol. The maximum absolute atomic E-state index is 12.6. The van der Waals surface area contributed by atoms with Crippen LogP contribution in [-0.4, -0.2) is 78.2 Å². The van der Waals surface area contributed by atoms with Gasteiger partial charge in [0.15, 0.2) is 0 Å². The van der Waals surface area contributed by atoms with Gasteiger partial charge in [-0.2, -0.15) is 0 Å². The predicted molar refractivity (Wildman–Crippen MR) is 155 cm³/mol. The first-order valence-electron chi connectivity index (χ1n) is 14.1. The molecule has 208 valence electrons. The van der Waals surface area contributed by atoms with Crippen molar-refractivity contribution in [2.75, 3.05) is 54.9 Å². The van der Waals surface area contributed by atoms with Gasteiger partial charge in [-0.25, -0.2) is 9.97 Å². The summed E-state index contributed by atoms with van der Waals surface area (Å²) in [5.41, 5.74) is 4.52. The van der Waals surface area contributed by atoms with Gasteiger partial charge in [0, 0.05) is 61.6 Å². The van der Waals surface area contributed by atoms with E-state index in [1.165, 1.54) is 0 Å². The molecule has 6 rings (SSSR count). The summed E-state index contributed by atoms with van der Waals surface area (Å²) in [6, 6.07) is 17.7. The van der Waals surface area contributed by atoms with Gasteiger partial charge in [-0.05, 0) is 74.7 Å². The Morgan fingerprint density at radius 3 is 2.38 bits per heavy atom. The molecule has 10 heteroatoms. The van der Waals surface area contributed by atoms with Gasteiger partial charge < -0.3 is 30.5 Å². The third-order valence-electron chi connectivity index (χ3n) is 7.77. The van der Waals surface area contributed by atoms with Crippen molar-refractivity contribution in [3.8, 4) is 11.3 Å². The highest BCUT2D eigenvalue weighted by molar-refractivity contribution is 5.95. The van der Waals surface area contributed by atoms with Crippen LogP contribution < -0.4 is 20.9 Å². The molecule has 3 aromatic rings. The lowest BCUT2D eigenvalue weighted by Crippen LogP contribution is -2.51. The second kappa shape index (κ2) is 12.0. The Balaban J connectivity index is 1.03. The van der Waals surface area contributed by atoms with Gasteiger partial charge in [-0.1, -0.05) is 12.1 Å². The Kier molecular flexibility index (Phi) is 7.87. The number of hydrogen-bond acceptors (Lipinski definition) is 8. The first kappa shape index (κ1) is 26.2. The molecule has 2 aromatic carbocycles. The molecule has 3 aliphatic rings. The fraction of sp³-hybridized carbons (Fsp3) is 0.400. The normalized spacial score (nSPS) is 20.9. The maximum atomic E-state index is 12.6. The van der Waals surface area contributed by atoms with Gasteiger partial charge in [-0.15, -0.1) is 0 Å².